The first kappa shape index (κ1) is 12.6. The Labute approximate surface area is 104 Å². The minimum absolute atomic E-state index is 0.490. The van der Waals surface area contributed by atoms with Crippen LogP contribution < -0.4 is 0 Å². The highest BCUT2D eigenvalue weighted by Crippen LogP contribution is 2.34. The Balaban J connectivity index is 2.52. The Kier molecular flexibility index (Phi) is 3.82. The zero-order valence-electron chi connectivity index (χ0n) is 11.4. The number of rotatable bonds is 2. The Morgan fingerprint density at radius 2 is 2.06 bits per heavy atom. The van der Waals surface area contributed by atoms with Gasteiger partial charge in [0.1, 0.15) is 0 Å². The smallest absolute Gasteiger partial charge is 0.0538 e. The number of ether oxygens (including phenoxy) is 1. The summed E-state index contributed by atoms with van der Waals surface area (Å²) in [6.45, 7) is 10.7. The van der Waals surface area contributed by atoms with Crippen LogP contribution in [-0.2, 0) is 11.2 Å². The third-order valence-corrected chi connectivity index (χ3v) is 3.65. The minimum atomic E-state index is 0.490. The van der Waals surface area contributed by atoms with Crippen molar-refractivity contribution in [2.24, 2.45) is 5.92 Å². The van der Waals surface area contributed by atoms with Gasteiger partial charge in [0.2, 0.25) is 0 Å². The summed E-state index contributed by atoms with van der Waals surface area (Å²) in [6, 6.07) is 2.17. The molecule has 1 atom stereocenters. The van der Waals surface area contributed by atoms with E-state index in [-0.39, 0.29) is 0 Å². The molecule has 0 saturated carbocycles. The van der Waals surface area contributed by atoms with Crippen LogP contribution in [0, 0.1) is 5.92 Å². The lowest BCUT2D eigenvalue weighted by Crippen LogP contribution is -2.16. The lowest BCUT2D eigenvalue weighted by molar-refractivity contribution is 0.118. The quantitative estimate of drug-likeness (QED) is 0.779. The summed E-state index contributed by atoms with van der Waals surface area (Å²) in [7, 11) is 0. The van der Waals surface area contributed by atoms with Gasteiger partial charge in [0.25, 0.3) is 0 Å². The summed E-state index contributed by atoms with van der Waals surface area (Å²) < 4.78 is 5.76. The van der Waals surface area contributed by atoms with Crippen molar-refractivity contribution in [2.75, 3.05) is 13.2 Å². The number of nitrogens with zero attached hydrogens (tertiary/aromatic N) is 1. The molecule has 0 aliphatic carbocycles. The third-order valence-electron chi connectivity index (χ3n) is 3.65. The van der Waals surface area contributed by atoms with Gasteiger partial charge in [-0.25, -0.2) is 0 Å². The Hall–Kier alpha value is -0.890. The van der Waals surface area contributed by atoms with E-state index in [9.17, 15) is 0 Å². The number of aromatic nitrogens is 1. The SMILES string of the molecule is CC(C)c1nccc2c1C(C(C)C)COCC2. The minimum Gasteiger partial charge on any atom is -0.380 e. The summed E-state index contributed by atoms with van der Waals surface area (Å²) >= 11 is 0. The van der Waals surface area contributed by atoms with E-state index >= 15 is 0 Å². The zero-order valence-corrected chi connectivity index (χ0v) is 11.4. The molecule has 1 aromatic heterocycles. The molecule has 2 nitrogen and oxygen atoms in total. The van der Waals surface area contributed by atoms with E-state index in [4.69, 9.17) is 4.74 Å². The van der Waals surface area contributed by atoms with E-state index in [1.54, 1.807) is 0 Å². The molecule has 1 aliphatic heterocycles. The van der Waals surface area contributed by atoms with Gasteiger partial charge >= 0.3 is 0 Å². The fourth-order valence-corrected chi connectivity index (χ4v) is 2.64. The van der Waals surface area contributed by atoms with E-state index in [1.807, 2.05) is 6.20 Å². The van der Waals surface area contributed by atoms with Gasteiger partial charge in [0.05, 0.1) is 13.2 Å². The molecule has 1 unspecified atom stereocenters. The Morgan fingerprint density at radius 1 is 1.29 bits per heavy atom. The summed E-state index contributed by atoms with van der Waals surface area (Å²) in [4.78, 5) is 4.61. The van der Waals surface area contributed by atoms with Crippen LogP contribution in [0.5, 0.6) is 0 Å². The fraction of sp³-hybridized carbons (Fsp3) is 0.667. The molecule has 2 rings (SSSR count). The van der Waals surface area contributed by atoms with Crippen LogP contribution in [0.3, 0.4) is 0 Å². The highest BCUT2D eigenvalue weighted by Gasteiger charge is 2.26. The molecule has 2 heteroatoms. The third kappa shape index (κ3) is 2.52. The highest BCUT2D eigenvalue weighted by atomic mass is 16.5. The van der Waals surface area contributed by atoms with Crippen molar-refractivity contribution < 1.29 is 4.74 Å². The topological polar surface area (TPSA) is 22.1 Å². The molecular formula is C15H23NO. The second kappa shape index (κ2) is 5.18. The van der Waals surface area contributed by atoms with Crippen LogP contribution in [0.15, 0.2) is 12.3 Å². The molecule has 0 spiro atoms. The lowest BCUT2D eigenvalue weighted by atomic mass is 9.83. The number of pyridine rings is 1. The van der Waals surface area contributed by atoms with Crippen LogP contribution in [0.2, 0.25) is 0 Å². The summed E-state index contributed by atoms with van der Waals surface area (Å²) in [5, 5.41) is 0. The standard InChI is InChI=1S/C15H23NO/c1-10(2)13-9-17-8-6-12-5-7-16-15(11(3)4)14(12)13/h5,7,10-11,13H,6,8-9H2,1-4H3. The predicted octanol–water partition coefficient (Wildman–Crippen LogP) is 3.52. The number of hydrogen-bond donors (Lipinski definition) is 0. The second-order valence-electron chi connectivity index (χ2n) is 5.60. The predicted molar refractivity (Wildman–Crippen MR) is 70.4 cm³/mol. The van der Waals surface area contributed by atoms with Crippen LogP contribution in [0.1, 0.15) is 56.4 Å². The van der Waals surface area contributed by atoms with Crippen molar-refractivity contribution >= 4 is 0 Å². The van der Waals surface area contributed by atoms with E-state index in [0.717, 1.165) is 19.6 Å². The molecule has 1 aliphatic rings. The van der Waals surface area contributed by atoms with E-state index < -0.39 is 0 Å². The molecular weight excluding hydrogens is 210 g/mol. The molecule has 0 aromatic carbocycles. The number of fused-ring (bicyclic) bond motifs is 1. The van der Waals surface area contributed by atoms with Crippen LogP contribution in [-0.4, -0.2) is 18.2 Å². The molecule has 94 valence electrons. The first-order valence-electron chi connectivity index (χ1n) is 6.66. The molecule has 0 bridgehead atoms. The van der Waals surface area contributed by atoms with Crippen molar-refractivity contribution in [3.63, 3.8) is 0 Å². The van der Waals surface area contributed by atoms with Crippen molar-refractivity contribution in [1.29, 1.82) is 0 Å². The van der Waals surface area contributed by atoms with Crippen LogP contribution in [0.25, 0.3) is 0 Å². The van der Waals surface area contributed by atoms with Crippen molar-refractivity contribution in [2.45, 2.75) is 46.0 Å². The zero-order chi connectivity index (χ0) is 12.4. The van der Waals surface area contributed by atoms with Gasteiger partial charge in [-0.3, -0.25) is 4.98 Å². The molecule has 1 aromatic rings. The largest absolute Gasteiger partial charge is 0.380 e. The molecule has 2 heterocycles. The van der Waals surface area contributed by atoms with Gasteiger partial charge in [0, 0.05) is 17.8 Å². The number of hydrogen-bond acceptors (Lipinski definition) is 2. The molecule has 0 saturated heterocycles. The highest BCUT2D eigenvalue weighted by molar-refractivity contribution is 5.36. The van der Waals surface area contributed by atoms with Crippen LogP contribution >= 0.6 is 0 Å². The Bertz CT molecular complexity index is 385. The van der Waals surface area contributed by atoms with Gasteiger partial charge in [-0.1, -0.05) is 27.7 Å². The molecule has 0 N–H and O–H groups in total. The maximum absolute atomic E-state index is 5.76. The van der Waals surface area contributed by atoms with Crippen molar-refractivity contribution in [1.82, 2.24) is 4.98 Å². The summed E-state index contributed by atoms with van der Waals surface area (Å²) in [5.74, 6) is 1.59. The van der Waals surface area contributed by atoms with Gasteiger partial charge < -0.3 is 4.74 Å². The van der Waals surface area contributed by atoms with E-state index in [1.165, 1.54) is 16.8 Å². The van der Waals surface area contributed by atoms with Gasteiger partial charge in [0.15, 0.2) is 0 Å². The lowest BCUT2D eigenvalue weighted by Gasteiger charge is -2.24. The maximum atomic E-state index is 5.76. The Morgan fingerprint density at radius 3 is 2.71 bits per heavy atom. The molecule has 0 radical (unpaired) electrons. The van der Waals surface area contributed by atoms with Gasteiger partial charge in [-0.15, -0.1) is 0 Å². The first-order valence-corrected chi connectivity index (χ1v) is 6.66. The first-order chi connectivity index (χ1) is 8.11. The maximum Gasteiger partial charge on any atom is 0.0538 e. The van der Waals surface area contributed by atoms with E-state index in [2.05, 4.69) is 38.7 Å². The summed E-state index contributed by atoms with van der Waals surface area (Å²) in [6.07, 6.45) is 2.98. The normalized spacial score (nSPS) is 20.5. The van der Waals surface area contributed by atoms with Crippen LogP contribution in [0.4, 0.5) is 0 Å². The van der Waals surface area contributed by atoms with Crippen molar-refractivity contribution in [3.05, 3.63) is 29.1 Å². The molecule has 0 fully saturated rings. The monoisotopic (exact) mass is 233 g/mol. The van der Waals surface area contributed by atoms with Crippen molar-refractivity contribution in [3.8, 4) is 0 Å². The molecule has 17 heavy (non-hydrogen) atoms. The summed E-state index contributed by atoms with van der Waals surface area (Å²) in [5.41, 5.74) is 4.18. The van der Waals surface area contributed by atoms with Gasteiger partial charge in [-0.2, -0.15) is 0 Å². The van der Waals surface area contributed by atoms with Gasteiger partial charge in [-0.05, 0) is 35.4 Å². The second-order valence-corrected chi connectivity index (χ2v) is 5.60. The molecule has 0 amide bonds. The van der Waals surface area contributed by atoms with E-state index in [0.29, 0.717) is 17.8 Å². The fourth-order valence-electron chi connectivity index (χ4n) is 2.64. The average molecular weight is 233 g/mol. The average Bonchev–Trinajstić information content (AvgIpc) is 2.50.